The van der Waals surface area contributed by atoms with Gasteiger partial charge in [0.1, 0.15) is 12.4 Å². The average Bonchev–Trinajstić information content (AvgIpc) is 2.45. The number of fused-ring (bicyclic) bond motifs is 1. The Kier molecular flexibility index (Phi) is 3.72. The Morgan fingerprint density at radius 3 is 2.95 bits per heavy atom. The van der Waals surface area contributed by atoms with Crippen LogP contribution in [0.4, 0.5) is 0 Å². The molecule has 0 spiro atoms. The lowest BCUT2D eigenvalue weighted by Crippen LogP contribution is -2.25. The third kappa shape index (κ3) is 2.91. The molecule has 3 heteroatoms. The van der Waals surface area contributed by atoms with Gasteiger partial charge in [-0.2, -0.15) is 0 Å². The molecule has 1 aliphatic rings. The van der Waals surface area contributed by atoms with Crippen molar-refractivity contribution in [2.24, 2.45) is 0 Å². The van der Waals surface area contributed by atoms with Gasteiger partial charge >= 0.3 is 0 Å². The molecule has 98 valence electrons. The number of halogens is 1. The highest BCUT2D eigenvalue weighted by Crippen LogP contribution is 2.22. The van der Waals surface area contributed by atoms with E-state index >= 15 is 0 Å². The lowest BCUT2D eigenvalue weighted by atomic mass is 9.96. The number of nitrogens with one attached hydrogen (secondary N) is 1. The molecule has 0 radical (unpaired) electrons. The minimum atomic E-state index is 0.588. The molecule has 2 aromatic carbocycles. The summed E-state index contributed by atoms with van der Waals surface area (Å²) < 4.78 is 5.83. The van der Waals surface area contributed by atoms with E-state index in [2.05, 4.69) is 23.5 Å². The van der Waals surface area contributed by atoms with Crippen LogP contribution in [0.5, 0.6) is 5.75 Å². The summed E-state index contributed by atoms with van der Waals surface area (Å²) in [5, 5.41) is 4.11. The molecule has 19 heavy (non-hydrogen) atoms. The van der Waals surface area contributed by atoms with E-state index in [0.717, 1.165) is 25.3 Å². The molecular formula is C16H16ClNO. The second-order valence-electron chi connectivity index (χ2n) is 4.73. The molecule has 0 amide bonds. The van der Waals surface area contributed by atoms with Gasteiger partial charge in [-0.15, -0.1) is 0 Å². The summed E-state index contributed by atoms with van der Waals surface area (Å²) in [7, 11) is 0. The van der Waals surface area contributed by atoms with Gasteiger partial charge in [-0.25, -0.2) is 0 Å². The third-order valence-electron chi connectivity index (χ3n) is 3.43. The van der Waals surface area contributed by atoms with E-state index < -0.39 is 0 Å². The van der Waals surface area contributed by atoms with Crippen molar-refractivity contribution in [3.63, 3.8) is 0 Å². The normalized spacial score (nSPS) is 13.9. The molecule has 1 aliphatic heterocycles. The predicted octanol–water partition coefficient (Wildman–Crippen LogP) is 3.56. The van der Waals surface area contributed by atoms with E-state index in [1.165, 1.54) is 16.7 Å². The van der Waals surface area contributed by atoms with Gasteiger partial charge in [-0.1, -0.05) is 35.9 Å². The van der Waals surface area contributed by atoms with Crippen LogP contribution in [0.15, 0.2) is 42.5 Å². The Bertz CT molecular complexity index is 583. The standard InChI is InChI=1S/C16H16ClNO/c17-14-5-2-6-15(9-14)19-11-13-4-1-3-12-7-8-18-10-16(12)13/h1-6,9,18H,7-8,10-11H2. The Labute approximate surface area is 118 Å². The lowest BCUT2D eigenvalue weighted by Gasteiger charge is -2.20. The SMILES string of the molecule is Clc1cccc(OCc2cccc3c2CNCC3)c1. The third-order valence-corrected chi connectivity index (χ3v) is 3.67. The Morgan fingerprint density at radius 2 is 2.05 bits per heavy atom. The summed E-state index contributed by atoms with van der Waals surface area (Å²) in [6.07, 6.45) is 1.10. The first-order valence-electron chi connectivity index (χ1n) is 6.51. The van der Waals surface area contributed by atoms with Crippen molar-refractivity contribution in [2.45, 2.75) is 19.6 Å². The molecule has 1 N–H and O–H groups in total. The molecule has 0 fully saturated rings. The molecule has 0 saturated heterocycles. The van der Waals surface area contributed by atoms with Gasteiger partial charge in [0, 0.05) is 11.6 Å². The van der Waals surface area contributed by atoms with Crippen molar-refractivity contribution >= 4 is 11.6 Å². The Balaban J connectivity index is 1.77. The molecular weight excluding hydrogens is 258 g/mol. The van der Waals surface area contributed by atoms with E-state index in [9.17, 15) is 0 Å². The van der Waals surface area contributed by atoms with E-state index in [1.807, 2.05) is 24.3 Å². The van der Waals surface area contributed by atoms with E-state index in [-0.39, 0.29) is 0 Å². The van der Waals surface area contributed by atoms with Crippen molar-refractivity contribution in [1.29, 1.82) is 0 Å². The van der Waals surface area contributed by atoms with Gasteiger partial charge in [0.15, 0.2) is 0 Å². The number of ether oxygens (including phenoxy) is 1. The monoisotopic (exact) mass is 273 g/mol. The van der Waals surface area contributed by atoms with Crippen LogP contribution in [0.25, 0.3) is 0 Å². The number of hydrogen-bond donors (Lipinski definition) is 1. The van der Waals surface area contributed by atoms with Crippen LogP contribution in [-0.2, 0) is 19.6 Å². The van der Waals surface area contributed by atoms with Crippen LogP contribution in [0.3, 0.4) is 0 Å². The second kappa shape index (κ2) is 5.64. The fourth-order valence-electron chi connectivity index (χ4n) is 2.44. The Hall–Kier alpha value is -1.51. The maximum atomic E-state index is 5.95. The van der Waals surface area contributed by atoms with Crippen molar-refractivity contribution in [2.75, 3.05) is 6.54 Å². The summed E-state index contributed by atoms with van der Waals surface area (Å²) in [5.41, 5.74) is 4.08. The first-order chi connectivity index (χ1) is 9.33. The molecule has 3 rings (SSSR count). The predicted molar refractivity (Wildman–Crippen MR) is 77.6 cm³/mol. The lowest BCUT2D eigenvalue weighted by molar-refractivity contribution is 0.304. The van der Waals surface area contributed by atoms with Gasteiger partial charge in [0.25, 0.3) is 0 Å². The minimum Gasteiger partial charge on any atom is -0.489 e. The number of hydrogen-bond acceptors (Lipinski definition) is 2. The maximum absolute atomic E-state index is 5.95. The zero-order valence-corrected chi connectivity index (χ0v) is 11.4. The van der Waals surface area contributed by atoms with E-state index in [0.29, 0.717) is 11.6 Å². The molecule has 0 aromatic heterocycles. The second-order valence-corrected chi connectivity index (χ2v) is 5.16. The summed E-state index contributed by atoms with van der Waals surface area (Å²) in [5.74, 6) is 0.814. The number of benzene rings is 2. The van der Waals surface area contributed by atoms with Gasteiger partial charge < -0.3 is 10.1 Å². The molecule has 0 atom stereocenters. The van der Waals surface area contributed by atoms with Crippen LogP contribution in [0.1, 0.15) is 16.7 Å². The molecule has 0 unspecified atom stereocenters. The largest absolute Gasteiger partial charge is 0.489 e. The van der Waals surface area contributed by atoms with Crippen molar-refractivity contribution in [1.82, 2.24) is 5.32 Å². The zero-order chi connectivity index (χ0) is 13.1. The Morgan fingerprint density at radius 1 is 1.16 bits per heavy atom. The quantitative estimate of drug-likeness (QED) is 0.923. The van der Waals surface area contributed by atoms with Crippen LogP contribution < -0.4 is 10.1 Å². The van der Waals surface area contributed by atoms with Gasteiger partial charge in [0.05, 0.1) is 0 Å². The summed E-state index contributed by atoms with van der Waals surface area (Å²) in [6, 6.07) is 14.0. The van der Waals surface area contributed by atoms with Gasteiger partial charge in [-0.3, -0.25) is 0 Å². The highest BCUT2D eigenvalue weighted by molar-refractivity contribution is 6.30. The van der Waals surface area contributed by atoms with Crippen molar-refractivity contribution in [3.05, 3.63) is 64.2 Å². The van der Waals surface area contributed by atoms with E-state index in [4.69, 9.17) is 16.3 Å². The first kappa shape index (κ1) is 12.5. The fraction of sp³-hybridized carbons (Fsp3) is 0.250. The first-order valence-corrected chi connectivity index (χ1v) is 6.89. The molecule has 0 aliphatic carbocycles. The van der Waals surface area contributed by atoms with E-state index in [1.54, 1.807) is 0 Å². The molecule has 0 saturated carbocycles. The van der Waals surface area contributed by atoms with Crippen molar-refractivity contribution < 1.29 is 4.74 Å². The smallest absolute Gasteiger partial charge is 0.121 e. The zero-order valence-electron chi connectivity index (χ0n) is 10.7. The summed E-state index contributed by atoms with van der Waals surface area (Å²) in [4.78, 5) is 0. The summed E-state index contributed by atoms with van der Waals surface area (Å²) >= 11 is 5.95. The fourth-order valence-corrected chi connectivity index (χ4v) is 2.62. The maximum Gasteiger partial charge on any atom is 0.121 e. The van der Waals surface area contributed by atoms with Crippen LogP contribution >= 0.6 is 11.6 Å². The highest BCUT2D eigenvalue weighted by Gasteiger charge is 2.12. The van der Waals surface area contributed by atoms with Crippen LogP contribution in [0, 0.1) is 0 Å². The molecule has 2 nitrogen and oxygen atoms in total. The summed E-state index contributed by atoms with van der Waals surface area (Å²) in [6.45, 7) is 2.58. The molecule has 0 bridgehead atoms. The van der Waals surface area contributed by atoms with Gasteiger partial charge in [0.2, 0.25) is 0 Å². The van der Waals surface area contributed by atoms with Crippen molar-refractivity contribution in [3.8, 4) is 5.75 Å². The van der Waals surface area contributed by atoms with Crippen LogP contribution in [-0.4, -0.2) is 6.54 Å². The molecule has 2 aromatic rings. The highest BCUT2D eigenvalue weighted by atomic mass is 35.5. The van der Waals surface area contributed by atoms with Gasteiger partial charge in [-0.05, 0) is 47.9 Å². The minimum absolute atomic E-state index is 0.588. The number of rotatable bonds is 3. The topological polar surface area (TPSA) is 21.3 Å². The average molecular weight is 274 g/mol. The van der Waals surface area contributed by atoms with Crippen LogP contribution in [0.2, 0.25) is 5.02 Å². The molecule has 1 heterocycles.